The van der Waals surface area contributed by atoms with Gasteiger partial charge in [-0.3, -0.25) is 14.4 Å². The molecule has 0 saturated carbocycles. The number of halogens is 2. The number of nitrogens with zero attached hydrogens (tertiary/aromatic N) is 1. The van der Waals surface area contributed by atoms with E-state index in [-0.39, 0.29) is 23.4 Å². The molecule has 1 heterocycles. The quantitative estimate of drug-likeness (QED) is 0.827. The van der Waals surface area contributed by atoms with Crippen molar-refractivity contribution in [1.82, 2.24) is 10.2 Å². The van der Waals surface area contributed by atoms with E-state index in [1.165, 1.54) is 6.92 Å². The number of carbonyl (C=O) groups excluding carboxylic acids is 3. The van der Waals surface area contributed by atoms with Crippen LogP contribution in [0, 0.1) is 11.6 Å². The fourth-order valence-electron chi connectivity index (χ4n) is 3.28. The maximum Gasteiger partial charge on any atom is 0.254 e. The zero-order valence-corrected chi connectivity index (χ0v) is 15.9. The molecule has 0 aromatic heterocycles. The maximum absolute atomic E-state index is 13.7. The standard InChI is InChI=1S/C21H21F2N3O3/c1-13(27)24-17-4-2-3-14(11-17)21(29)26-9-7-16(8-10-26)25-20(28)18-6-5-15(22)12-19(18)23/h2-6,11-12,16H,7-10H2,1H3,(H,24,27)(H,25,28). The van der Waals surface area contributed by atoms with E-state index in [2.05, 4.69) is 10.6 Å². The second-order valence-electron chi connectivity index (χ2n) is 6.93. The topological polar surface area (TPSA) is 78.5 Å². The van der Waals surface area contributed by atoms with Crippen molar-refractivity contribution >= 4 is 23.4 Å². The minimum absolute atomic E-state index is 0.161. The zero-order valence-electron chi connectivity index (χ0n) is 15.9. The molecule has 0 radical (unpaired) electrons. The molecule has 3 amide bonds. The van der Waals surface area contributed by atoms with Crippen molar-refractivity contribution in [2.24, 2.45) is 0 Å². The fraction of sp³-hybridized carbons (Fsp3) is 0.286. The average Bonchev–Trinajstić information content (AvgIpc) is 2.67. The van der Waals surface area contributed by atoms with Gasteiger partial charge in [0, 0.05) is 43.4 Å². The van der Waals surface area contributed by atoms with Crippen molar-refractivity contribution in [2.75, 3.05) is 18.4 Å². The lowest BCUT2D eigenvalue weighted by Crippen LogP contribution is -2.46. The Morgan fingerprint density at radius 2 is 1.76 bits per heavy atom. The monoisotopic (exact) mass is 401 g/mol. The highest BCUT2D eigenvalue weighted by molar-refractivity contribution is 5.97. The normalized spacial score (nSPS) is 14.4. The summed E-state index contributed by atoms with van der Waals surface area (Å²) in [7, 11) is 0. The van der Waals surface area contributed by atoms with Gasteiger partial charge in [0.25, 0.3) is 11.8 Å². The number of hydrogen-bond donors (Lipinski definition) is 2. The fourth-order valence-corrected chi connectivity index (χ4v) is 3.28. The SMILES string of the molecule is CC(=O)Nc1cccc(C(=O)N2CCC(NC(=O)c3ccc(F)cc3F)CC2)c1. The summed E-state index contributed by atoms with van der Waals surface area (Å²) in [5.41, 5.74) is 0.804. The van der Waals surface area contributed by atoms with Gasteiger partial charge in [0.05, 0.1) is 5.56 Å². The summed E-state index contributed by atoms with van der Waals surface area (Å²) in [4.78, 5) is 37.8. The van der Waals surface area contributed by atoms with Gasteiger partial charge >= 0.3 is 0 Å². The van der Waals surface area contributed by atoms with Crippen molar-refractivity contribution in [1.29, 1.82) is 0 Å². The molecule has 8 heteroatoms. The summed E-state index contributed by atoms with van der Waals surface area (Å²) >= 11 is 0. The first-order valence-corrected chi connectivity index (χ1v) is 9.26. The van der Waals surface area contributed by atoms with Crippen LogP contribution in [0.25, 0.3) is 0 Å². The second kappa shape index (κ2) is 8.81. The molecule has 0 spiro atoms. The van der Waals surface area contributed by atoms with Crippen molar-refractivity contribution in [3.05, 3.63) is 65.2 Å². The molecule has 0 unspecified atom stereocenters. The minimum Gasteiger partial charge on any atom is -0.349 e. The molecule has 2 N–H and O–H groups in total. The summed E-state index contributed by atoms with van der Waals surface area (Å²) in [6.45, 7) is 2.26. The van der Waals surface area contributed by atoms with E-state index in [1.807, 2.05) is 0 Å². The first-order valence-electron chi connectivity index (χ1n) is 9.26. The number of carbonyl (C=O) groups is 3. The number of rotatable bonds is 4. The maximum atomic E-state index is 13.7. The molecule has 2 aromatic carbocycles. The predicted molar refractivity (Wildman–Crippen MR) is 103 cm³/mol. The van der Waals surface area contributed by atoms with Crippen molar-refractivity contribution in [2.45, 2.75) is 25.8 Å². The summed E-state index contributed by atoms with van der Waals surface area (Å²) < 4.78 is 26.7. The van der Waals surface area contributed by atoms with E-state index in [9.17, 15) is 23.2 Å². The highest BCUT2D eigenvalue weighted by atomic mass is 19.1. The third-order valence-electron chi connectivity index (χ3n) is 4.72. The van der Waals surface area contributed by atoms with Gasteiger partial charge in [0.1, 0.15) is 11.6 Å². The molecule has 2 aromatic rings. The van der Waals surface area contributed by atoms with Gasteiger partial charge in [-0.2, -0.15) is 0 Å². The summed E-state index contributed by atoms with van der Waals surface area (Å²) in [6, 6.07) is 9.31. The van der Waals surface area contributed by atoms with Gasteiger partial charge in [-0.05, 0) is 43.2 Å². The Bertz CT molecular complexity index is 941. The van der Waals surface area contributed by atoms with Crippen molar-refractivity contribution < 1.29 is 23.2 Å². The Balaban J connectivity index is 1.57. The van der Waals surface area contributed by atoms with E-state index in [0.717, 1.165) is 12.1 Å². The van der Waals surface area contributed by atoms with Gasteiger partial charge in [0.15, 0.2) is 0 Å². The Kier molecular flexibility index (Phi) is 6.21. The molecule has 0 atom stereocenters. The molecule has 29 heavy (non-hydrogen) atoms. The van der Waals surface area contributed by atoms with Crippen LogP contribution in [0.5, 0.6) is 0 Å². The second-order valence-corrected chi connectivity index (χ2v) is 6.93. The summed E-state index contributed by atoms with van der Waals surface area (Å²) in [5, 5.41) is 5.38. The Labute approximate surface area is 166 Å². The highest BCUT2D eigenvalue weighted by Gasteiger charge is 2.25. The molecule has 6 nitrogen and oxygen atoms in total. The van der Waals surface area contributed by atoms with Crippen molar-refractivity contribution in [3.8, 4) is 0 Å². The first-order chi connectivity index (χ1) is 13.8. The highest BCUT2D eigenvalue weighted by Crippen LogP contribution is 2.18. The largest absolute Gasteiger partial charge is 0.349 e. The Hall–Kier alpha value is -3.29. The van der Waals surface area contributed by atoms with Gasteiger partial charge in [-0.1, -0.05) is 6.07 Å². The van der Waals surface area contributed by atoms with Crippen LogP contribution in [0.1, 0.15) is 40.5 Å². The van der Waals surface area contributed by atoms with E-state index < -0.39 is 17.5 Å². The lowest BCUT2D eigenvalue weighted by atomic mass is 10.0. The zero-order chi connectivity index (χ0) is 21.0. The van der Waals surface area contributed by atoms with Gasteiger partial charge in [-0.15, -0.1) is 0 Å². The molecule has 1 aliphatic heterocycles. The first kappa shape index (κ1) is 20.4. The number of anilines is 1. The lowest BCUT2D eigenvalue weighted by Gasteiger charge is -2.32. The van der Waals surface area contributed by atoms with E-state index >= 15 is 0 Å². The molecule has 3 rings (SSSR count). The summed E-state index contributed by atoms with van der Waals surface area (Å²) in [5.74, 6) is -2.63. The Morgan fingerprint density at radius 3 is 2.41 bits per heavy atom. The third kappa shape index (κ3) is 5.16. The predicted octanol–water partition coefficient (Wildman–Crippen LogP) is 2.96. The smallest absolute Gasteiger partial charge is 0.254 e. The van der Waals surface area contributed by atoms with Crippen LogP contribution in [0.4, 0.5) is 14.5 Å². The van der Waals surface area contributed by atoms with E-state index in [0.29, 0.717) is 43.2 Å². The van der Waals surface area contributed by atoms with Crippen LogP contribution in [0.15, 0.2) is 42.5 Å². The number of amides is 3. The molecule has 1 fully saturated rings. The van der Waals surface area contributed by atoms with Crippen molar-refractivity contribution in [3.63, 3.8) is 0 Å². The summed E-state index contributed by atoms with van der Waals surface area (Å²) in [6.07, 6.45) is 1.04. The number of hydrogen-bond acceptors (Lipinski definition) is 3. The van der Waals surface area contributed by atoms with Crippen LogP contribution >= 0.6 is 0 Å². The van der Waals surface area contributed by atoms with Gasteiger partial charge in [-0.25, -0.2) is 8.78 Å². The molecular formula is C21H21F2N3O3. The van der Waals surface area contributed by atoms with Gasteiger partial charge in [0.2, 0.25) is 5.91 Å². The lowest BCUT2D eigenvalue weighted by molar-refractivity contribution is -0.114. The van der Waals surface area contributed by atoms with Crippen LogP contribution in [0.2, 0.25) is 0 Å². The van der Waals surface area contributed by atoms with Crippen LogP contribution in [-0.4, -0.2) is 41.8 Å². The molecule has 1 saturated heterocycles. The minimum atomic E-state index is -0.908. The molecule has 152 valence electrons. The molecule has 1 aliphatic rings. The van der Waals surface area contributed by atoms with E-state index in [1.54, 1.807) is 29.2 Å². The van der Waals surface area contributed by atoms with Gasteiger partial charge < -0.3 is 15.5 Å². The molecular weight excluding hydrogens is 380 g/mol. The number of nitrogens with one attached hydrogen (secondary N) is 2. The van der Waals surface area contributed by atoms with Crippen LogP contribution in [0.3, 0.4) is 0 Å². The number of piperidine rings is 1. The molecule has 0 aliphatic carbocycles. The average molecular weight is 401 g/mol. The molecule has 0 bridgehead atoms. The van der Waals surface area contributed by atoms with E-state index in [4.69, 9.17) is 0 Å². The van der Waals surface area contributed by atoms with Crippen LogP contribution in [-0.2, 0) is 4.79 Å². The Morgan fingerprint density at radius 1 is 1.03 bits per heavy atom. The number of likely N-dealkylation sites (tertiary alicyclic amines) is 1. The van der Waals surface area contributed by atoms with Crippen LogP contribution < -0.4 is 10.6 Å². The number of benzene rings is 2. The third-order valence-corrected chi connectivity index (χ3v) is 4.72.